The van der Waals surface area contributed by atoms with Crippen LogP contribution in [0.2, 0.25) is 0 Å². The zero-order valence-corrected chi connectivity index (χ0v) is 16.8. The number of hydrogen-bond donors (Lipinski definition) is 0. The molecule has 25 heavy (non-hydrogen) atoms. The molecule has 1 heterocycles. The van der Waals surface area contributed by atoms with Gasteiger partial charge in [0.15, 0.2) is 6.23 Å². The summed E-state index contributed by atoms with van der Waals surface area (Å²) in [5.74, 6) is -0.0467. The molecular formula is C22H42NO2. The van der Waals surface area contributed by atoms with Gasteiger partial charge in [0.2, 0.25) is 0 Å². The lowest BCUT2D eigenvalue weighted by atomic mass is 10.0. The highest BCUT2D eigenvalue weighted by Crippen LogP contribution is 2.14. The predicted molar refractivity (Wildman–Crippen MR) is 106 cm³/mol. The van der Waals surface area contributed by atoms with Crippen molar-refractivity contribution >= 4 is 5.97 Å². The molecule has 1 aliphatic rings. The Balaban J connectivity index is 1.74. The minimum atomic E-state index is -0.145. The summed E-state index contributed by atoms with van der Waals surface area (Å²) in [4.78, 5) is 11.7. The normalized spacial score (nSPS) is 17.6. The smallest absolute Gasteiger partial charge is 0.307 e. The Bertz CT molecular complexity index is 300. The van der Waals surface area contributed by atoms with Gasteiger partial charge in [-0.25, -0.2) is 5.32 Å². The number of rotatable bonds is 16. The van der Waals surface area contributed by atoms with Crippen molar-refractivity contribution in [3.8, 4) is 0 Å². The Morgan fingerprint density at radius 1 is 0.800 bits per heavy atom. The van der Waals surface area contributed by atoms with Crippen molar-refractivity contribution in [2.24, 2.45) is 0 Å². The first-order chi connectivity index (χ1) is 12.3. The van der Waals surface area contributed by atoms with Crippen molar-refractivity contribution in [1.29, 1.82) is 0 Å². The molecule has 3 heteroatoms. The van der Waals surface area contributed by atoms with Crippen molar-refractivity contribution in [1.82, 2.24) is 5.32 Å². The number of hydrogen-bond acceptors (Lipinski definition) is 2. The minimum absolute atomic E-state index is 0.0467. The van der Waals surface area contributed by atoms with Gasteiger partial charge in [0.05, 0.1) is 0 Å². The molecule has 0 amide bonds. The summed E-state index contributed by atoms with van der Waals surface area (Å²) in [6, 6.07) is 0. The minimum Gasteiger partial charge on any atom is -0.445 e. The lowest BCUT2D eigenvalue weighted by molar-refractivity contribution is -0.152. The second-order valence-electron chi connectivity index (χ2n) is 7.69. The van der Waals surface area contributed by atoms with E-state index in [4.69, 9.17) is 4.74 Å². The van der Waals surface area contributed by atoms with E-state index in [2.05, 4.69) is 12.2 Å². The van der Waals surface area contributed by atoms with Crippen molar-refractivity contribution < 1.29 is 9.53 Å². The van der Waals surface area contributed by atoms with Crippen molar-refractivity contribution in [2.75, 3.05) is 6.54 Å². The lowest BCUT2D eigenvalue weighted by Gasteiger charge is -2.21. The van der Waals surface area contributed by atoms with E-state index in [-0.39, 0.29) is 12.2 Å². The molecule has 0 spiro atoms. The third-order valence-electron chi connectivity index (χ3n) is 5.19. The van der Waals surface area contributed by atoms with Crippen LogP contribution in [-0.4, -0.2) is 18.7 Å². The Hall–Kier alpha value is -0.570. The van der Waals surface area contributed by atoms with Crippen LogP contribution < -0.4 is 5.32 Å². The summed E-state index contributed by atoms with van der Waals surface area (Å²) in [6.45, 7) is 3.14. The van der Waals surface area contributed by atoms with Crippen LogP contribution in [-0.2, 0) is 9.53 Å². The van der Waals surface area contributed by atoms with Crippen LogP contribution in [0.15, 0.2) is 0 Å². The van der Waals surface area contributed by atoms with Crippen LogP contribution in [0.5, 0.6) is 0 Å². The number of esters is 1. The molecule has 3 nitrogen and oxygen atoms in total. The average Bonchev–Trinajstić information content (AvgIpc) is 2.63. The number of piperidine rings is 1. The fourth-order valence-corrected chi connectivity index (χ4v) is 3.53. The first kappa shape index (κ1) is 22.5. The third kappa shape index (κ3) is 14.3. The van der Waals surface area contributed by atoms with Gasteiger partial charge in [-0.3, -0.25) is 4.79 Å². The molecule has 1 radical (unpaired) electrons. The zero-order valence-electron chi connectivity index (χ0n) is 16.8. The predicted octanol–water partition coefficient (Wildman–Crippen LogP) is 6.52. The van der Waals surface area contributed by atoms with Gasteiger partial charge in [0.25, 0.3) is 0 Å². The molecule has 0 aliphatic carbocycles. The maximum Gasteiger partial charge on any atom is 0.307 e. The molecule has 0 saturated carbocycles. The quantitative estimate of drug-likeness (QED) is 0.234. The fourth-order valence-electron chi connectivity index (χ4n) is 3.53. The van der Waals surface area contributed by atoms with Crippen molar-refractivity contribution in [3.63, 3.8) is 0 Å². The number of unbranched alkanes of at least 4 members (excludes halogenated alkanes) is 13. The number of carbonyl (C=O) groups is 1. The van der Waals surface area contributed by atoms with Crippen molar-refractivity contribution in [2.45, 2.75) is 129 Å². The first-order valence-electron chi connectivity index (χ1n) is 11.2. The van der Waals surface area contributed by atoms with E-state index < -0.39 is 0 Å². The summed E-state index contributed by atoms with van der Waals surface area (Å²) >= 11 is 0. The molecule has 0 aromatic rings. The summed E-state index contributed by atoms with van der Waals surface area (Å²) in [5.41, 5.74) is 0. The van der Waals surface area contributed by atoms with E-state index >= 15 is 0 Å². The molecule has 0 aromatic carbocycles. The van der Waals surface area contributed by atoms with E-state index in [0.29, 0.717) is 6.42 Å². The molecule has 1 unspecified atom stereocenters. The molecule has 1 rings (SSSR count). The molecule has 0 aromatic heterocycles. The van der Waals surface area contributed by atoms with Gasteiger partial charge in [-0.15, -0.1) is 0 Å². The van der Waals surface area contributed by atoms with Crippen molar-refractivity contribution in [3.05, 3.63) is 0 Å². The van der Waals surface area contributed by atoms with Crippen LogP contribution in [0.1, 0.15) is 122 Å². The van der Waals surface area contributed by atoms with Gasteiger partial charge >= 0.3 is 5.97 Å². The first-order valence-corrected chi connectivity index (χ1v) is 11.2. The van der Waals surface area contributed by atoms with Gasteiger partial charge in [-0.05, 0) is 25.7 Å². The number of nitrogens with zero attached hydrogens (tertiary/aromatic N) is 1. The Morgan fingerprint density at radius 3 is 1.80 bits per heavy atom. The van der Waals surface area contributed by atoms with Crippen LogP contribution in [0, 0.1) is 0 Å². The summed E-state index contributed by atoms with van der Waals surface area (Å²) < 4.78 is 5.40. The van der Waals surface area contributed by atoms with Gasteiger partial charge in [-0.2, -0.15) is 0 Å². The maximum atomic E-state index is 11.7. The SMILES string of the molecule is CCCCCCCCCCCCCCCCC(=O)OC1CCCC[N]1. The number of ether oxygens (including phenoxy) is 1. The van der Waals surface area contributed by atoms with Crippen LogP contribution in [0.4, 0.5) is 0 Å². The molecule has 147 valence electrons. The lowest BCUT2D eigenvalue weighted by Crippen LogP contribution is -2.32. The Labute approximate surface area is 156 Å². The monoisotopic (exact) mass is 352 g/mol. The third-order valence-corrected chi connectivity index (χ3v) is 5.19. The molecule has 0 bridgehead atoms. The fraction of sp³-hybridized carbons (Fsp3) is 0.955. The molecular weight excluding hydrogens is 310 g/mol. The van der Waals surface area contributed by atoms with Gasteiger partial charge in [-0.1, -0.05) is 90.4 Å². The highest BCUT2D eigenvalue weighted by atomic mass is 16.6. The summed E-state index contributed by atoms with van der Waals surface area (Å²) in [7, 11) is 0. The molecule has 1 saturated heterocycles. The van der Waals surface area contributed by atoms with Gasteiger partial charge < -0.3 is 4.74 Å². The molecule has 1 aliphatic heterocycles. The van der Waals surface area contributed by atoms with Gasteiger partial charge in [0.1, 0.15) is 0 Å². The van der Waals surface area contributed by atoms with E-state index in [1.54, 1.807) is 0 Å². The highest BCUT2D eigenvalue weighted by Gasteiger charge is 2.17. The summed E-state index contributed by atoms with van der Waals surface area (Å²) in [6.07, 6.45) is 22.4. The molecule has 0 N–H and O–H groups in total. The van der Waals surface area contributed by atoms with E-state index in [1.807, 2.05) is 0 Å². The largest absolute Gasteiger partial charge is 0.445 e. The Kier molecular flexibility index (Phi) is 15.2. The topological polar surface area (TPSA) is 40.4 Å². The standard InChI is InChI=1S/C22H42NO2/c1-2-3-4-5-6-7-8-9-10-11-12-13-14-15-19-22(24)25-21-18-16-17-20-23-21/h21H,2-20H2,1H3. The Morgan fingerprint density at radius 2 is 1.32 bits per heavy atom. The van der Waals surface area contributed by atoms with Crippen LogP contribution in [0.3, 0.4) is 0 Å². The van der Waals surface area contributed by atoms with E-state index in [9.17, 15) is 4.79 Å². The maximum absolute atomic E-state index is 11.7. The highest BCUT2D eigenvalue weighted by molar-refractivity contribution is 5.69. The van der Waals surface area contributed by atoms with Gasteiger partial charge in [0, 0.05) is 13.0 Å². The zero-order chi connectivity index (χ0) is 18.0. The molecule has 1 fully saturated rings. The van der Waals surface area contributed by atoms with Crippen LogP contribution in [0.25, 0.3) is 0 Å². The molecule has 1 atom stereocenters. The average molecular weight is 353 g/mol. The summed E-state index contributed by atoms with van der Waals surface area (Å²) in [5, 5.41) is 4.34. The van der Waals surface area contributed by atoms with E-state index in [0.717, 1.165) is 38.6 Å². The second kappa shape index (κ2) is 16.9. The van der Waals surface area contributed by atoms with E-state index in [1.165, 1.54) is 77.0 Å². The second-order valence-corrected chi connectivity index (χ2v) is 7.69. The van der Waals surface area contributed by atoms with Crippen LogP contribution >= 0.6 is 0 Å². The number of carbonyl (C=O) groups excluding carboxylic acids is 1.